The van der Waals surface area contributed by atoms with Crippen molar-refractivity contribution in [1.29, 1.82) is 0 Å². The van der Waals surface area contributed by atoms with Gasteiger partial charge in [0.05, 0.1) is 17.8 Å². The van der Waals surface area contributed by atoms with Crippen molar-refractivity contribution in [2.24, 2.45) is 0 Å². The van der Waals surface area contributed by atoms with Crippen LogP contribution in [0.1, 0.15) is 16.7 Å². The van der Waals surface area contributed by atoms with Crippen molar-refractivity contribution in [3.8, 4) is 11.4 Å². The zero-order valence-corrected chi connectivity index (χ0v) is 21.5. The van der Waals surface area contributed by atoms with Crippen LogP contribution in [0.5, 0.6) is 0 Å². The second kappa shape index (κ2) is 8.41. The van der Waals surface area contributed by atoms with Crippen LogP contribution >= 0.6 is 38.9 Å². The van der Waals surface area contributed by atoms with E-state index in [9.17, 15) is 9.59 Å². The van der Waals surface area contributed by atoms with E-state index in [0.717, 1.165) is 32.4 Å². The van der Waals surface area contributed by atoms with Gasteiger partial charge in [0.15, 0.2) is 5.82 Å². The number of amides is 1. The van der Waals surface area contributed by atoms with Crippen molar-refractivity contribution < 1.29 is 4.79 Å². The molecule has 6 rings (SSSR count). The summed E-state index contributed by atoms with van der Waals surface area (Å²) < 4.78 is 2.43. The molecule has 35 heavy (non-hydrogen) atoms. The summed E-state index contributed by atoms with van der Waals surface area (Å²) in [6.45, 7) is 2.44. The molecule has 0 spiro atoms. The highest BCUT2D eigenvalue weighted by Crippen LogP contribution is 2.38. The monoisotopic (exact) mass is 562 g/mol. The van der Waals surface area contributed by atoms with Gasteiger partial charge in [-0.1, -0.05) is 68.7 Å². The number of carbonyl (C=O) groups excluding carboxylic acids is 1. The van der Waals surface area contributed by atoms with Gasteiger partial charge in [-0.2, -0.15) is 9.50 Å². The molecule has 0 N–H and O–H groups in total. The van der Waals surface area contributed by atoms with Crippen molar-refractivity contribution in [1.82, 2.24) is 14.6 Å². The zero-order chi connectivity index (χ0) is 24.3. The number of nitrogens with zero attached hydrogens (tertiary/aromatic N) is 4. The average Bonchev–Trinajstić information content (AvgIpc) is 3.47. The minimum Gasteiger partial charge on any atom is -0.303 e. The Balaban J connectivity index is 1.50. The SMILES string of the molecule is Cc1ccc(CN2C(=O)/C(=c3\sc4nc(-c5ccc(Cl)cc5)nn4c3=O)c3cc(Br)ccc32)cc1. The van der Waals surface area contributed by atoms with Crippen LogP contribution in [0.2, 0.25) is 5.02 Å². The molecule has 0 unspecified atom stereocenters. The van der Waals surface area contributed by atoms with Gasteiger partial charge in [-0.3, -0.25) is 9.59 Å². The number of anilines is 1. The lowest BCUT2D eigenvalue weighted by molar-refractivity contribution is -0.113. The van der Waals surface area contributed by atoms with Crippen LogP contribution < -0.4 is 15.0 Å². The third-order valence-electron chi connectivity index (χ3n) is 5.93. The van der Waals surface area contributed by atoms with Gasteiger partial charge < -0.3 is 4.90 Å². The van der Waals surface area contributed by atoms with E-state index in [2.05, 4.69) is 26.0 Å². The van der Waals surface area contributed by atoms with Gasteiger partial charge in [-0.25, -0.2) is 0 Å². The summed E-state index contributed by atoms with van der Waals surface area (Å²) >= 11 is 10.7. The molecule has 3 aromatic carbocycles. The lowest BCUT2D eigenvalue weighted by Gasteiger charge is -2.17. The number of benzene rings is 3. The van der Waals surface area contributed by atoms with Gasteiger partial charge >= 0.3 is 0 Å². The Bertz CT molecular complexity index is 1740. The molecule has 1 aliphatic heterocycles. The Morgan fingerprint density at radius 1 is 1.00 bits per heavy atom. The number of aryl methyl sites for hydroxylation is 1. The Labute approximate surface area is 217 Å². The second-order valence-corrected chi connectivity index (χ2v) is 10.6. The number of carbonyl (C=O) groups is 1. The molecule has 1 amide bonds. The zero-order valence-electron chi connectivity index (χ0n) is 18.3. The molecule has 172 valence electrons. The summed E-state index contributed by atoms with van der Waals surface area (Å²) in [5, 5.41) is 5.02. The highest BCUT2D eigenvalue weighted by atomic mass is 79.9. The number of rotatable bonds is 3. The summed E-state index contributed by atoms with van der Waals surface area (Å²) in [5.74, 6) is 0.224. The summed E-state index contributed by atoms with van der Waals surface area (Å²) in [4.78, 5) is 33.8. The van der Waals surface area contributed by atoms with Crippen LogP contribution in [0.25, 0.3) is 21.9 Å². The molecule has 1 aliphatic rings. The van der Waals surface area contributed by atoms with E-state index in [1.807, 2.05) is 49.4 Å². The lowest BCUT2D eigenvalue weighted by Crippen LogP contribution is -2.32. The van der Waals surface area contributed by atoms with Crippen LogP contribution in [0.4, 0.5) is 5.69 Å². The minimum absolute atomic E-state index is 0.210. The maximum atomic E-state index is 13.7. The number of hydrogen-bond donors (Lipinski definition) is 0. The van der Waals surface area contributed by atoms with Gasteiger partial charge in [0.25, 0.3) is 11.5 Å². The first-order valence-electron chi connectivity index (χ1n) is 10.8. The standard InChI is InChI=1S/C26H16BrClN4O2S/c1-14-2-4-15(5-3-14)13-31-20-11-8-17(27)12-19(20)21(24(31)33)22-25(34)32-26(35-22)29-23(30-32)16-6-9-18(28)10-7-16/h2-12H,13H2,1H3/b22-21-. The van der Waals surface area contributed by atoms with E-state index in [-0.39, 0.29) is 11.5 Å². The maximum Gasteiger partial charge on any atom is 0.291 e. The smallest absolute Gasteiger partial charge is 0.291 e. The van der Waals surface area contributed by atoms with E-state index in [0.29, 0.717) is 32.5 Å². The number of halogens is 2. The Hall–Kier alpha value is -3.33. The second-order valence-electron chi connectivity index (χ2n) is 8.29. The normalized spacial score (nSPS) is 14.7. The summed E-state index contributed by atoms with van der Waals surface area (Å²) in [6.07, 6.45) is 0. The molecule has 0 aliphatic carbocycles. The van der Waals surface area contributed by atoms with E-state index >= 15 is 0 Å². The number of thiazole rings is 1. The minimum atomic E-state index is -0.357. The molecule has 0 atom stereocenters. The van der Waals surface area contributed by atoms with Crippen LogP contribution in [0, 0.1) is 6.92 Å². The fraction of sp³-hybridized carbons (Fsp3) is 0.0769. The molecule has 3 heterocycles. The summed E-state index contributed by atoms with van der Waals surface area (Å²) in [5.41, 5.74) is 4.44. The van der Waals surface area contributed by atoms with Crippen molar-refractivity contribution in [2.45, 2.75) is 13.5 Å². The van der Waals surface area contributed by atoms with Gasteiger partial charge in [0.1, 0.15) is 4.53 Å². The van der Waals surface area contributed by atoms with Crippen LogP contribution in [-0.4, -0.2) is 20.5 Å². The highest BCUT2D eigenvalue weighted by molar-refractivity contribution is 9.10. The molecule has 6 nitrogen and oxygen atoms in total. The van der Waals surface area contributed by atoms with Crippen molar-refractivity contribution in [2.75, 3.05) is 4.90 Å². The first-order chi connectivity index (χ1) is 16.9. The predicted octanol–water partition coefficient (Wildman–Crippen LogP) is 5.01. The van der Waals surface area contributed by atoms with Gasteiger partial charge in [-0.05, 0) is 55.0 Å². The van der Waals surface area contributed by atoms with E-state index < -0.39 is 0 Å². The quantitative estimate of drug-likeness (QED) is 0.310. The average molecular weight is 564 g/mol. The Morgan fingerprint density at radius 3 is 2.46 bits per heavy atom. The van der Waals surface area contributed by atoms with Crippen LogP contribution in [-0.2, 0) is 11.3 Å². The van der Waals surface area contributed by atoms with Gasteiger partial charge in [0.2, 0.25) is 4.96 Å². The van der Waals surface area contributed by atoms with Crippen LogP contribution in [0.15, 0.2) is 76.0 Å². The first kappa shape index (κ1) is 22.2. The summed E-state index contributed by atoms with van der Waals surface area (Å²) in [7, 11) is 0. The number of fused-ring (bicyclic) bond motifs is 2. The molecule has 0 bridgehead atoms. The Morgan fingerprint density at radius 2 is 1.74 bits per heavy atom. The van der Waals surface area contributed by atoms with Crippen molar-refractivity contribution in [3.63, 3.8) is 0 Å². The van der Waals surface area contributed by atoms with Gasteiger partial charge in [0, 0.05) is 20.6 Å². The fourth-order valence-electron chi connectivity index (χ4n) is 4.16. The summed E-state index contributed by atoms with van der Waals surface area (Å²) in [6, 6.07) is 20.9. The Kier molecular flexibility index (Phi) is 5.32. The third-order valence-corrected chi connectivity index (χ3v) is 7.70. The van der Waals surface area contributed by atoms with Crippen molar-refractivity contribution in [3.05, 3.63) is 108 Å². The van der Waals surface area contributed by atoms with Crippen molar-refractivity contribution >= 4 is 61.0 Å². The number of hydrogen-bond acceptors (Lipinski definition) is 5. The maximum absolute atomic E-state index is 13.7. The number of aromatic nitrogens is 3. The molecular formula is C26H16BrClN4O2S. The molecule has 2 aromatic heterocycles. The first-order valence-corrected chi connectivity index (χ1v) is 12.7. The molecule has 0 saturated heterocycles. The predicted molar refractivity (Wildman–Crippen MR) is 142 cm³/mol. The van der Waals surface area contributed by atoms with Gasteiger partial charge in [-0.15, -0.1) is 5.10 Å². The highest BCUT2D eigenvalue weighted by Gasteiger charge is 2.34. The third kappa shape index (κ3) is 3.78. The topological polar surface area (TPSA) is 67.6 Å². The van der Waals surface area contributed by atoms with E-state index in [1.54, 1.807) is 29.2 Å². The molecule has 5 aromatic rings. The molecule has 0 fully saturated rings. The molecular weight excluding hydrogens is 548 g/mol. The fourth-order valence-corrected chi connectivity index (χ4v) is 5.65. The molecule has 9 heteroatoms. The van der Waals surface area contributed by atoms with Crippen LogP contribution in [0.3, 0.4) is 0 Å². The molecule has 0 saturated carbocycles. The lowest BCUT2D eigenvalue weighted by atomic mass is 10.1. The largest absolute Gasteiger partial charge is 0.303 e. The van der Waals surface area contributed by atoms with E-state index in [4.69, 9.17) is 11.6 Å². The molecule has 0 radical (unpaired) electrons. The van der Waals surface area contributed by atoms with E-state index in [1.165, 1.54) is 15.9 Å².